The molecule has 0 aliphatic carbocycles. The van der Waals surface area contributed by atoms with E-state index in [4.69, 9.17) is 4.74 Å². The van der Waals surface area contributed by atoms with Crippen LogP contribution >= 0.6 is 31.9 Å². The van der Waals surface area contributed by atoms with Gasteiger partial charge in [0.15, 0.2) is 0 Å². The van der Waals surface area contributed by atoms with Crippen molar-refractivity contribution in [2.75, 3.05) is 17.7 Å². The number of ether oxygens (including phenoxy) is 1. The monoisotopic (exact) mass is 468 g/mol. The maximum absolute atomic E-state index is 11.9. The molecule has 0 saturated carbocycles. The minimum Gasteiger partial charge on any atom is -0.494 e. The van der Waals surface area contributed by atoms with Gasteiger partial charge in [-0.3, -0.25) is 4.79 Å². The third-order valence-corrected chi connectivity index (χ3v) is 4.68. The Morgan fingerprint density at radius 3 is 2.36 bits per heavy atom. The second kappa shape index (κ2) is 9.25. The third kappa shape index (κ3) is 6.04. The van der Waals surface area contributed by atoms with Crippen LogP contribution in [0.15, 0.2) is 45.3 Å². The smallest absolute Gasteiger partial charge is 0.224 e. The van der Waals surface area contributed by atoms with Crippen molar-refractivity contribution < 1.29 is 9.53 Å². The summed E-state index contributed by atoms with van der Waals surface area (Å²) in [5.74, 6) is 1.15. The fourth-order valence-electron chi connectivity index (χ4n) is 2.40. The molecule has 4 nitrogen and oxygen atoms in total. The zero-order valence-corrected chi connectivity index (χ0v) is 17.7. The van der Waals surface area contributed by atoms with Gasteiger partial charge in [-0.2, -0.15) is 0 Å². The van der Waals surface area contributed by atoms with Gasteiger partial charge >= 0.3 is 0 Å². The summed E-state index contributed by atoms with van der Waals surface area (Å²) in [6.07, 6.45) is 0.519. The number of benzene rings is 2. The molecule has 0 radical (unpaired) electrons. The van der Waals surface area contributed by atoms with Gasteiger partial charge in [-0.15, -0.1) is 0 Å². The summed E-state index contributed by atoms with van der Waals surface area (Å²) in [5.41, 5.74) is 2.85. The van der Waals surface area contributed by atoms with E-state index in [1.165, 1.54) is 0 Å². The predicted octanol–water partition coefficient (Wildman–Crippen LogP) is 5.82. The molecule has 0 saturated heterocycles. The predicted molar refractivity (Wildman–Crippen MR) is 110 cm³/mol. The number of rotatable bonds is 7. The zero-order chi connectivity index (χ0) is 18.4. The second-order valence-electron chi connectivity index (χ2n) is 6.17. The number of methoxy groups -OCH3 is 1. The molecule has 0 aromatic heterocycles. The summed E-state index contributed by atoms with van der Waals surface area (Å²) in [5, 5.41) is 6.31. The molecular weight excluding hydrogens is 448 g/mol. The first kappa shape index (κ1) is 19.8. The molecule has 0 unspecified atom stereocenters. The summed E-state index contributed by atoms with van der Waals surface area (Å²) < 4.78 is 7.12. The molecule has 0 heterocycles. The zero-order valence-electron chi connectivity index (χ0n) is 14.5. The fraction of sp³-hybridized carbons (Fsp3) is 0.316. The van der Waals surface area contributed by atoms with E-state index >= 15 is 0 Å². The van der Waals surface area contributed by atoms with Crippen LogP contribution in [0.3, 0.4) is 0 Å². The van der Waals surface area contributed by atoms with Crippen LogP contribution in [0.2, 0.25) is 0 Å². The van der Waals surface area contributed by atoms with Crippen molar-refractivity contribution >= 4 is 49.1 Å². The standard InChI is InChI=1S/C19H22Br2N2O2/c1-12(2)7-18(24)23-15-6-4-5-14(10-15)22-11-13-8-16(20)19(25-3)17(21)9-13/h4-6,8-10,12,22H,7,11H2,1-3H3,(H,23,24). The van der Waals surface area contributed by atoms with Crippen LogP contribution < -0.4 is 15.4 Å². The topological polar surface area (TPSA) is 50.4 Å². The lowest BCUT2D eigenvalue weighted by Crippen LogP contribution is -2.13. The number of anilines is 2. The first-order chi connectivity index (χ1) is 11.9. The van der Waals surface area contributed by atoms with E-state index in [0.29, 0.717) is 18.9 Å². The van der Waals surface area contributed by atoms with Crippen LogP contribution in [0.25, 0.3) is 0 Å². The first-order valence-electron chi connectivity index (χ1n) is 8.04. The molecule has 6 heteroatoms. The Morgan fingerprint density at radius 1 is 1.12 bits per heavy atom. The van der Waals surface area contributed by atoms with E-state index in [2.05, 4.69) is 42.5 Å². The van der Waals surface area contributed by atoms with Gasteiger partial charge < -0.3 is 15.4 Å². The highest BCUT2D eigenvalue weighted by Crippen LogP contribution is 2.34. The van der Waals surface area contributed by atoms with E-state index in [1.54, 1.807) is 7.11 Å². The first-order valence-corrected chi connectivity index (χ1v) is 9.63. The lowest BCUT2D eigenvalue weighted by atomic mass is 10.1. The van der Waals surface area contributed by atoms with Crippen LogP contribution in [0.4, 0.5) is 11.4 Å². The van der Waals surface area contributed by atoms with Gasteiger partial charge in [-0.05, 0) is 73.7 Å². The summed E-state index contributed by atoms with van der Waals surface area (Å²) in [6.45, 7) is 4.72. The number of hydrogen-bond acceptors (Lipinski definition) is 3. The van der Waals surface area contributed by atoms with Crippen LogP contribution in [-0.4, -0.2) is 13.0 Å². The Balaban J connectivity index is 2.02. The van der Waals surface area contributed by atoms with Gasteiger partial charge in [0, 0.05) is 24.3 Å². The van der Waals surface area contributed by atoms with Crippen LogP contribution in [0.5, 0.6) is 5.75 Å². The molecule has 0 atom stereocenters. The highest BCUT2D eigenvalue weighted by atomic mass is 79.9. The summed E-state index contributed by atoms with van der Waals surface area (Å²) in [4.78, 5) is 11.9. The molecule has 0 bridgehead atoms. The number of carbonyl (C=O) groups is 1. The molecule has 2 aromatic rings. The van der Waals surface area contributed by atoms with Gasteiger partial charge in [-0.1, -0.05) is 19.9 Å². The van der Waals surface area contributed by atoms with E-state index in [0.717, 1.165) is 31.6 Å². The van der Waals surface area contributed by atoms with Crippen molar-refractivity contribution in [2.45, 2.75) is 26.8 Å². The SMILES string of the molecule is COc1c(Br)cc(CNc2cccc(NC(=O)CC(C)C)c2)cc1Br. The third-order valence-electron chi connectivity index (χ3n) is 3.50. The molecule has 0 aliphatic heterocycles. The quantitative estimate of drug-likeness (QED) is 0.537. The summed E-state index contributed by atoms with van der Waals surface area (Å²) in [7, 11) is 1.64. The molecule has 0 fully saturated rings. The lowest BCUT2D eigenvalue weighted by molar-refractivity contribution is -0.116. The summed E-state index contributed by atoms with van der Waals surface area (Å²) >= 11 is 7.02. The molecule has 25 heavy (non-hydrogen) atoms. The highest BCUT2D eigenvalue weighted by molar-refractivity contribution is 9.11. The van der Waals surface area contributed by atoms with Crippen molar-refractivity contribution in [3.8, 4) is 5.75 Å². The fourth-order valence-corrected chi connectivity index (χ4v) is 4.01. The number of halogens is 2. The molecular formula is C19H22Br2N2O2. The van der Waals surface area contributed by atoms with Gasteiger partial charge in [0.25, 0.3) is 0 Å². The Hall–Kier alpha value is -1.53. The van der Waals surface area contributed by atoms with E-state index in [1.807, 2.05) is 50.2 Å². The maximum Gasteiger partial charge on any atom is 0.224 e. The second-order valence-corrected chi connectivity index (χ2v) is 7.88. The Morgan fingerprint density at radius 2 is 1.76 bits per heavy atom. The molecule has 2 rings (SSSR count). The lowest BCUT2D eigenvalue weighted by Gasteiger charge is -2.12. The van der Waals surface area contributed by atoms with Gasteiger partial charge in [0.1, 0.15) is 5.75 Å². The minimum atomic E-state index is 0.0372. The van der Waals surface area contributed by atoms with Crippen molar-refractivity contribution in [1.29, 1.82) is 0 Å². The van der Waals surface area contributed by atoms with Crippen molar-refractivity contribution in [2.24, 2.45) is 5.92 Å². The molecule has 0 aliphatic rings. The largest absolute Gasteiger partial charge is 0.494 e. The van der Waals surface area contributed by atoms with E-state index in [9.17, 15) is 4.79 Å². The van der Waals surface area contributed by atoms with E-state index < -0.39 is 0 Å². The van der Waals surface area contributed by atoms with Crippen molar-refractivity contribution in [3.05, 3.63) is 50.9 Å². The summed E-state index contributed by atoms with van der Waals surface area (Å²) in [6, 6.07) is 11.8. The minimum absolute atomic E-state index is 0.0372. The van der Waals surface area contributed by atoms with Gasteiger partial charge in [-0.25, -0.2) is 0 Å². The number of carbonyl (C=O) groups excluding carboxylic acids is 1. The maximum atomic E-state index is 11.9. The highest BCUT2D eigenvalue weighted by Gasteiger charge is 2.08. The number of hydrogen-bond donors (Lipinski definition) is 2. The average Bonchev–Trinajstić information content (AvgIpc) is 2.52. The molecule has 1 amide bonds. The van der Waals surface area contributed by atoms with Crippen LogP contribution in [-0.2, 0) is 11.3 Å². The molecule has 2 N–H and O–H groups in total. The van der Waals surface area contributed by atoms with Crippen molar-refractivity contribution in [1.82, 2.24) is 0 Å². The molecule has 134 valence electrons. The molecule has 0 spiro atoms. The van der Waals surface area contributed by atoms with Gasteiger partial charge in [0.05, 0.1) is 16.1 Å². The Kier molecular flexibility index (Phi) is 7.32. The average molecular weight is 470 g/mol. The number of amides is 1. The van der Waals surface area contributed by atoms with Crippen LogP contribution in [0.1, 0.15) is 25.8 Å². The normalized spacial score (nSPS) is 10.6. The Labute approximate surface area is 165 Å². The number of nitrogens with one attached hydrogen (secondary N) is 2. The van der Waals surface area contributed by atoms with Gasteiger partial charge in [0.2, 0.25) is 5.91 Å². The molecule has 2 aromatic carbocycles. The Bertz CT molecular complexity index is 725. The van der Waals surface area contributed by atoms with Crippen LogP contribution in [0, 0.1) is 5.92 Å². The van der Waals surface area contributed by atoms with E-state index in [-0.39, 0.29) is 5.91 Å². The van der Waals surface area contributed by atoms with Crippen molar-refractivity contribution in [3.63, 3.8) is 0 Å².